The van der Waals surface area contributed by atoms with E-state index in [0.717, 1.165) is 72.0 Å². The molecule has 6 heteroatoms. The minimum Gasteiger partial charge on any atom is -0.456 e. The van der Waals surface area contributed by atoms with Crippen LogP contribution in [0, 0.1) is 0 Å². The molecule has 0 N–H and O–H groups in total. The van der Waals surface area contributed by atoms with Crippen LogP contribution in [0.15, 0.2) is 159 Å². The fraction of sp³-hybridized carbons (Fsp3) is 0. The summed E-state index contributed by atoms with van der Waals surface area (Å²) in [7, 11) is 0. The minimum absolute atomic E-state index is 0.557. The molecule has 0 saturated heterocycles. The summed E-state index contributed by atoms with van der Waals surface area (Å²) in [6.07, 6.45) is 0. The van der Waals surface area contributed by atoms with Crippen molar-refractivity contribution >= 4 is 104 Å². The zero-order chi connectivity index (χ0) is 32.1. The van der Waals surface area contributed by atoms with Crippen LogP contribution >= 0.6 is 11.3 Å². The summed E-state index contributed by atoms with van der Waals surface area (Å²) < 4.78 is 22.2. The molecule has 4 aromatic heterocycles. The lowest BCUT2D eigenvalue weighted by molar-refractivity contribution is 0.620. The number of thiophene rings is 1. The molecule has 11 aromatic rings. The van der Waals surface area contributed by atoms with E-state index in [-0.39, 0.29) is 0 Å². The summed E-state index contributed by atoms with van der Waals surface area (Å²) in [6, 6.07) is 50.2. The van der Waals surface area contributed by atoms with Gasteiger partial charge in [0.2, 0.25) is 5.89 Å². The van der Waals surface area contributed by atoms with E-state index < -0.39 is 0 Å². The quantitative estimate of drug-likeness (QED) is 0.190. The largest absolute Gasteiger partial charge is 0.456 e. The number of nitrogens with zero attached hydrogens (tertiary/aromatic N) is 2. The average Bonchev–Trinajstić information content (AvgIpc) is 3.92. The molecule has 0 bridgehead atoms. The van der Waals surface area contributed by atoms with Crippen LogP contribution in [0.3, 0.4) is 0 Å². The molecule has 0 unspecified atom stereocenters. The predicted octanol–water partition coefficient (Wildman–Crippen LogP) is 13.1. The first kappa shape index (κ1) is 26.7. The molecule has 0 radical (unpaired) electrons. The van der Waals surface area contributed by atoms with Crippen LogP contribution in [0.25, 0.3) is 86.6 Å². The molecule has 0 aliphatic heterocycles. The SMILES string of the molecule is c1ccc(-c2nc3cc4oc5ccccc5c4c(N(c4ccc5c(c4)oc4ccccc45)c4ccc5c(c4)sc4ccccc45)c3o2)cc1. The van der Waals surface area contributed by atoms with Crippen LogP contribution in [0.1, 0.15) is 0 Å². The lowest BCUT2D eigenvalue weighted by Crippen LogP contribution is -2.10. The molecule has 0 amide bonds. The first-order valence-electron chi connectivity index (χ1n) is 16.2. The standard InChI is InChI=1S/C43H24N2O3S/c1-2-10-25(11-3-1)43-44-33-24-37-40(32-14-5-8-16-35(32)47-37)41(42(33)48-43)45(26-18-20-29-28-12-4-7-15-34(28)46-36(29)22-26)27-19-21-31-30-13-6-9-17-38(30)49-39(31)23-27/h1-24H. The lowest BCUT2D eigenvalue weighted by Gasteiger charge is -2.26. The third-order valence-electron chi connectivity index (χ3n) is 9.48. The first-order valence-corrected chi connectivity index (χ1v) is 17.0. The molecule has 0 fully saturated rings. The van der Waals surface area contributed by atoms with Gasteiger partial charge in [0, 0.05) is 59.7 Å². The Kier molecular flexibility index (Phi) is 5.48. The highest BCUT2D eigenvalue weighted by molar-refractivity contribution is 7.25. The molecule has 5 nitrogen and oxygen atoms in total. The van der Waals surface area contributed by atoms with Crippen LogP contribution in [0.5, 0.6) is 0 Å². The van der Waals surface area contributed by atoms with Gasteiger partial charge in [-0.2, -0.15) is 0 Å². The number of oxazole rings is 1. The third-order valence-corrected chi connectivity index (χ3v) is 10.6. The number of para-hydroxylation sites is 2. The fourth-order valence-electron chi connectivity index (χ4n) is 7.28. The van der Waals surface area contributed by atoms with Crippen molar-refractivity contribution in [3.63, 3.8) is 0 Å². The number of anilines is 3. The monoisotopic (exact) mass is 648 g/mol. The van der Waals surface area contributed by atoms with Gasteiger partial charge in [-0.1, -0.05) is 78.9 Å². The van der Waals surface area contributed by atoms with Gasteiger partial charge in [0.05, 0.1) is 11.1 Å². The Morgan fingerprint density at radius 2 is 1.10 bits per heavy atom. The Hall–Kier alpha value is -6.37. The topological polar surface area (TPSA) is 55.6 Å². The maximum Gasteiger partial charge on any atom is 0.227 e. The van der Waals surface area contributed by atoms with Crippen molar-refractivity contribution in [3.8, 4) is 11.5 Å². The van der Waals surface area contributed by atoms with Gasteiger partial charge in [0.1, 0.15) is 33.5 Å². The summed E-state index contributed by atoms with van der Waals surface area (Å²) in [5.41, 5.74) is 8.33. The Morgan fingerprint density at radius 3 is 1.96 bits per heavy atom. The molecule has 230 valence electrons. The van der Waals surface area contributed by atoms with Crippen molar-refractivity contribution in [3.05, 3.63) is 146 Å². The summed E-state index contributed by atoms with van der Waals surface area (Å²) in [4.78, 5) is 7.30. The molecular weight excluding hydrogens is 625 g/mol. The summed E-state index contributed by atoms with van der Waals surface area (Å²) >= 11 is 1.80. The van der Waals surface area contributed by atoms with Crippen LogP contribution in [0.2, 0.25) is 0 Å². The number of rotatable bonds is 4. The van der Waals surface area contributed by atoms with E-state index >= 15 is 0 Å². The second-order valence-electron chi connectivity index (χ2n) is 12.3. The minimum atomic E-state index is 0.557. The van der Waals surface area contributed by atoms with Gasteiger partial charge in [0.15, 0.2) is 5.58 Å². The zero-order valence-corrected chi connectivity index (χ0v) is 26.7. The molecule has 0 aliphatic carbocycles. The van der Waals surface area contributed by atoms with Crippen molar-refractivity contribution < 1.29 is 13.3 Å². The molecule has 4 heterocycles. The van der Waals surface area contributed by atoms with Gasteiger partial charge in [0.25, 0.3) is 0 Å². The van der Waals surface area contributed by atoms with Crippen molar-refractivity contribution in [2.75, 3.05) is 4.90 Å². The molecular formula is C43H24N2O3S. The number of aromatic nitrogens is 1. The van der Waals surface area contributed by atoms with E-state index in [1.807, 2.05) is 66.7 Å². The van der Waals surface area contributed by atoms with Crippen LogP contribution in [0.4, 0.5) is 17.1 Å². The highest BCUT2D eigenvalue weighted by atomic mass is 32.1. The lowest BCUT2D eigenvalue weighted by atomic mass is 10.1. The van der Waals surface area contributed by atoms with Crippen molar-refractivity contribution in [2.24, 2.45) is 0 Å². The fourth-order valence-corrected chi connectivity index (χ4v) is 8.42. The predicted molar refractivity (Wildman–Crippen MR) is 202 cm³/mol. The van der Waals surface area contributed by atoms with Crippen molar-refractivity contribution in [1.82, 2.24) is 4.98 Å². The number of hydrogen-bond acceptors (Lipinski definition) is 6. The summed E-state index contributed by atoms with van der Waals surface area (Å²) in [6.45, 7) is 0. The van der Waals surface area contributed by atoms with Gasteiger partial charge in [-0.15, -0.1) is 11.3 Å². The molecule has 7 aromatic carbocycles. The zero-order valence-electron chi connectivity index (χ0n) is 25.9. The molecule has 11 rings (SSSR count). The molecule has 0 aliphatic rings. The van der Waals surface area contributed by atoms with Gasteiger partial charge in [-0.25, -0.2) is 4.98 Å². The number of hydrogen-bond donors (Lipinski definition) is 0. The second-order valence-corrected chi connectivity index (χ2v) is 13.4. The van der Waals surface area contributed by atoms with Gasteiger partial charge in [-0.05, 0) is 54.6 Å². The summed E-state index contributed by atoms with van der Waals surface area (Å²) in [5, 5.41) is 6.63. The van der Waals surface area contributed by atoms with E-state index in [1.54, 1.807) is 11.3 Å². The maximum atomic E-state index is 6.79. The Bertz CT molecular complexity index is 2960. The van der Waals surface area contributed by atoms with E-state index in [1.165, 1.54) is 20.2 Å². The van der Waals surface area contributed by atoms with E-state index in [4.69, 9.17) is 18.2 Å². The molecule has 49 heavy (non-hydrogen) atoms. The number of fused-ring (bicyclic) bond motifs is 10. The Morgan fingerprint density at radius 1 is 0.469 bits per heavy atom. The van der Waals surface area contributed by atoms with E-state index in [2.05, 4.69) is 83.8 Å². The van der Waals surface area contributed by atoms with E-state index in [0.29, 0.717) is 11.5 Å². The van der Waals surface area contributed by atoms with Gasteiger partial charge in [-0.3, -0.25) is 0 Å². The second kappa shape index (κ2) is 10.1. The van der Waals surface area contributed by atoms with Crippen LogP contribution in [-0.4, -0.2) is 4.98 Å². The highest BCUT2D eigenvalue weighted by Crippen LogP contribution is 2.49. The van der Waals surface area contributed by atoms with Gasteiger partial charge >= 0.3 is 0 Å². The van der Waals surface area contributed by atoms with Crippen LogP contribution < -0.4 is 4.90 Å². The Labute approximate surface area is 282 Å². The van der Waals surface area contributed by atoms with Crippen molar-refractivity contribution in [2.45, 2.75) is 0 Å². The summed E-state index contributed by atoms with van der Waals surface area (Å²) in [5.74, 6) is 0.557. The van der Waals surface area contributed by atoms with Crippen molar-refractivity contribution in [1.29, 1.82) is 0 Å². The average molecular weight is 649 g/mol. The third kappa shape index (κ3) is 3.95. The number of benzene rings is 7. The molecule has 0 spiro atoms. The Balaban J connectivity index is 1.27. The van der Waals surface area contributed by atoms with Gasteiger partial charge < -0.3 is 18.2 Å². The molecule has 0 atom stereocenters. The first-order chi connectivity index (χ1) is 24.3. The smallest absolute Gasteiger partial charge is 0.227 e. The van der Waals surface area contributed by atoms with Crippen LogP contribution in [-0.2, 0) is 0 Å². The van der Waals surface area contributed by atoms with E-state index in [9.17, 15) is 0 Å². The number of furan rings is 2. The maximum absolute atomic E-state index is 6.79. The normalized spacial score (nSPS) is 12.1. The highest BCUT2D eigenvalue weighted by Gasteiger charge is 2.27. The molecule has 0 saturated carbocycles.